The zero-order valence-corrected chi connectivity index (χ0v) is 19.6. The van der Waals surface area contributed by atoms with Crippen molar-refractivity contribution in [3.63, 3.8) is 0 Å². The van der Waals surface area contributed by atoms with Gasteiger partial charge in [-0.1, -0.05) is 58.6 Å². The number of benzene rings is 2. The third-order valence-electron chi connectivity index (χ3n) is 4.52. The van der Waals surface area contributed by atoms with Gasteiger partial charge in [0.1, 0.15) is 11.5 Å². The smallest absolute Gasteiger partial charge is 0.257 e. The Morgan fingerprint density at radius 3 is 2.42 bits per heavy atom. The van der Waals surface area contributed by atoms with Crippen LogP contribution in [-0.2, 0) is 0 Å². The standard InChI is InChI=1S/C25H34N2O3S/c1-4-5-6-7-8-15-29-23-14-10-12-21(17-23)26-25(31)27-24(28)20-11-9-13-22(16-20)30-18-19(2)3/h9-14,16-17,19H,4-8,15,18H2,1-3H3,(H2,26,27,28,31). The summed E-state index contributed by atoms with van der Waals surface area (Å²) >= 11 is 5.31. The molecule has 0 fully saturated rings. The van der Waals surface area contributed by atoms with Crippen molar-refractivity contribution in [3.05, 3.63) is 54.1 Å². The number of thiocarbonyl (C=S) groups is 1. The van der Waals surface area contributed by atoms with Crippen molar-refractivity contribution in [1.82, 2.24) is 5.32 Å². The van der Waals surface area contributed by atoms with E-state index in [0.29, 0.717) is 30.4 Å². The van der Waals surface area contributed by atoms with Crippen molar-refractivity contribution in [1.29, 1.82) is 0 Å². The van der Waals surface area contributed by atoms with Gasteiger partial charge >= 0.3 is 0 Å². The highest BCUT2D eigenvalue weighted by atomic mass is 32.1. The lowest BCUT2D eigenvalue weighted by molar-refractivity contribution is 0.0977. The molecular formula is C25H34N2O3S. The van der Waals surface area contributed by atoms with Crippen LogP contribution in [0.25, 0.3) is 0 Å². The first-order chi connectivity index (χ1) is 15.0. The van der Waals surface area contributed by atoms with Crippen molar-refractivity contribution in [2.75, 3.05) is 18.5 Å². The number of amides is 1. The summed E-state index contributed by atoms with van der Waals surface area (Å²) in [5.74, 6) is 1.58. The zero-order valence-electron chi connectivity index (χ0n) is 18.8. The Balaban J connectivity index is 1.82. The Labute approximate surface area is 191 Å². The number of carbonyl (C=O) groups excluding carboxylic acids is 1. The Kier molecular flexibility index (Phi) is 10.9. The fourth-order valence-electron chi connectivity index (χ4n) is 2.89. The van der Waals surface area contributed by atoms with Gasteiger partial charge in [-0.25, -0.2) is 0 Å². The molecular weight excluding hydrogens is 408 g/mol. The van der Waals surface area contributed by atoms with Crippen LogP contribution >= 0.6 is 12.2 Å². The Morgan fingerprint density at radius 2 is 1.68 bits per heavy atom. The third-order valence-corrected chi connectivity index (χ3v) is 4.72. The monoisotopic (exact) mass is 442 g/mol. The predicted molar refractivity (Wildman–Crippen MR) is 131 cm³/mol. The average Bonchev–Trinajstić information content (AvgIpc) is 2.75. The first-order valence-electron chi connectivity index (χ1n) is 11.1. The van der Waals surface area contributed by atoms with Gasteiger partial charge in [-0.2, -0.15) is 0 Å². The quantitative estimate of drug-likeness (QED) is 0.303. The summed E-state index contributed by atoms with van der Waals surface area (Å²) in [5.41, 5.74) is 1.26. The van der Waals surface area contributed by atoms with Crippen LogP contribution in [0, 0.1) is 5.92 Å². The number of carbonyl (C=O) groups is 1. The summed E-state index contributed by atoms with van der Waals surface area (Å²) in [4.78, 5) is 12.5. The van der Waals surface area contributed by atoms with E-state index in [1.165, 1.54) is 25.7 Å². The molecule has 5 nitrogen and oxygen atoms in total. The van der Waals surface area contributed by atoms with Gasteiger partial charge in [0, 0.05) is 17.3 Å². The van der Waals surface area contributed by atoms with Crippen LogP contribution in [-0.4, -0.2) is 24.2 Å². The van der Waals surface area contributed by atoms with E-state index >= 15 is 0 Å². The van der Waals surface area contributed by atoms with Crippen LogP contribution in [0.1, 0.15) is 63.2 Å². The van der Waals surface area contributed by atoms with E-state index in [4.69, 9.17) is 21.7 Å². The van der Waals surface area contributed by atoms with E-state index in [-0.39, 0.29) is 11.0 Å². The minimum Gasteiger partial charge on any atom is -0.494 e. The van der Waals surface area contributed by atoms with E-state index in [0.717, 1.165) is 17.9 Å². The summed E-state index contributed by atoms with van der Waals surface area (Å²) in [7, 11) is 0. The number of ether oxygens (including phenoxy) is 2. The molecule has 0 radical (unpaired) electrons. The summed E-state index contributed by atoms with van der Waals surface area (Å²) in [6.07, 6.45) is 6.00. The molecule has 0 heterocycles. The first-order valence-corrected chi connectivity index (χ1v) is 11.5. The van der Waals surface area contributed by atoms with Crippen molar-refractivity contribution in [2.45, 2.75) is 52.9 Å². The van der Waals surface area contributed by atoms with Gasteiger partial charge in [0.05, 0.1) is 13.2 Å². The molecule has 168 valence electrons. The van der Waals surface area contributed by atoms with Gasteiger partial charge in [-0.15, -0.1) is 0 Å². The molecule has 1 amide bonds. The molecule has 0 aliphatic heterocycles. The average molecular weight is 443 g/mol. The molecule has 2 rings (SSSR count). The third kappa shape index (κ3) is 9.83. The van der Waals surface area contributed by atoms with Crippen LogP contribution < -0.4 is 20.1 Å². The lowest BCUT2D eigenvalue weighted by atomic mass is 10.2. The summed E-state index contributed by atoms with van der Waals surface area (Å²) < 4.78 is 11.5. The van der Waals surface area contributed by atoms with Crippen LogP contribution in [0.4, 0.5) is 5.69 Å². The maximum atomic E-state index is 12.5. The minimum absolute atomic E-state index is 0.232. The lowest BCUT2D eigenvalue weighted by Crippen LogP contribution is -2.34. The predicted octanol–water partition coefficient (Wildman–Crippen LogP) is 6.20. The Bertz CT molecular complexity index is 839. The van der Waals surface area contributed by atoms with Gasteiger partial charge in [-0.3, -0.25) is 10.1 Å². The highest BCUT2D eigenvalue weighted by molar-refractivity contribution is 7.80. The molecule has 0 unspecified atom stereocenters. The second-order valence-corrected chi connectivity index (χ2v) is 8.34. The molecule has 0 saturated heterocycles. The zero-order chi connectivity index (χ0) is 22.5. The number of unbranched alkanes of at least 4 members (excludes halogenated alkanes) is 4. The van der Waals surface area contributed by atoms with Gasteiger partial charge in [-0.05, 0) is 54.9 Å². The molecule has 0 aromatic heterocycles. The fraction of sp³-hybridized carbons (Fsp3) is 0.440. The maximum Gasteiger partial charge on any atom is 0.257 e. The second-order valence-electron chi connectivity index (χ2n) is 7.93. The molecule has 0 saturated carbocycles. The fourth-order valence-corrected chi connectivity index (χ4v) is 3.10. The van der Waals surface area contributed by atoms with Crippen LogP contribution in [0.5, 0.6) is 11.5 Å². The summed E-state index contributed by atoms with van der Waals surface area (Å²) in [6.45, 7) is 7.66. The number of hydrogen-bond acceptors (Lipinski definition) is 4. The van der Waals surface area contributed by atoms with Crippen molar-refractivity contribution in [3.8, 4) is 11.5 Å². The second kappa shape index (κ2) is 13.7. The minimum atomic E-state index is -0.285. The van der Waals surface area contributed by atoms with Gasteiger partial charge < -0.3 is 14.8 Å². The molecule has 0 spiro atoms. The summed E-state index contributed by atoms with van der Waals surface area (Å²) in [5, 5.41) is 5.99. The van der Waals surface area contributed by atoms with Crippen LogP contribution in [0.3, 0.4) is 0 Å². The normalized spacial score (nSPS) is 10.6. The molecule has 0 bridgehead atoms. The highest BCUT2D eigenvalue weighted by Crippen LogP contribution is 2.18. The van der Waals surface area contributed by atoms with Crippen LogP contribution in [0.2, 0.25) is 0 Å². The molecule has 2 aromatic carbocycles. The lowest BCUT2D eigenvalue weighted by Gasteiger charge is -2.12. The van der Waals surface area contributed by atoms with Crippen molar-refractivity contribution >= 4 is 28.9 Å². The number of rotatable bonds is 12. The van der Waals surface area contributed by atoms with E-state index in [9.17, 15) is 4.79 Å². The highest BCUT2D eigenvalue weighted by Gasteiger charge is 2.10. The van der Waals surface area contributed by atoms with Gasteiger partial charge in [0.2, 0.25) is 0 Å². The number of hydrogen-bond donors (Lipinski definition) is 2. The Morgan fingerprint density at radius 1 is 0.968 bits per heavy atom. The molecule has 0 aliphatic rings. The topological polar surface area (TPSA) is 59.6 Å². The number of anilines is 1. The molecule has 0 aliphatic carbocycles. The SMILES string of the molecule is CCCCCCCOc1cccc(NC(=S)NC(=O)c2cccc(OCC(C)C)c2)c1. The molecule has 31 heavy (non-hydrogen) atoms. The van der Waals surface area contributed by atoms with Crippen LogP contribution in [0.15, 0.2) is 48.5 Å². The van der Waals surface area contributed by atoms with Crippen molar-refractivity contribution < 1.29 is 14.3 Å². The van der Waals surface area contributed by atoms with Gasteiger partial charge in [0.15, 0.2) is 5.11 Å². The molecule has 2 aromatic rings. The molecule has 0 atom stereocenters. The van der Waals surface area contributed by atoms with E-state index in [1.54, 1.807) is 18.2 Å². The number of nitrogens with one attached hydrogen (secondary N) is 2. The summed E-state index contributed by atoms with van der Waals surface area (Å²) in [6, 6.07) is 14.7. The van der Waals surface area contributed by atoms with Crippen molar-refractivity contribution in [2.24, 2.45) is 5.92 Å². The Hall–Kier alpha value is -2.60. The van der Waals surface area contributed by atoms with E-state index in [1.807, 2.05) is 30.3 Å². The largest absolute Gasteiger partial charge is 0.494 e. The van der Waals surface area contributed by atoms with E-state index in [2.05, 4.69) is 31.4 Å². The molecule has 2 N–H and O–H groups in total. The first kappa shape index (κ1) is 24.7. The van der Waals surface area contributed by atoms with E-state index < -0.39 is 0 Å². The van der Waals surface area contributed by atoms with Gasteiger partial charge in [0.25, 0.3) is 5.91 Å². The maximum absolute atomic E-state index is 12.5. The molecule has 6 heteroatoms.